The molecule has 0 aliphatic carbocycles. The molecule has 1 heterocycles. The van der Waals surface area contributed by atoms with Crippen LogP contribution in [0.15, 0.2) is 96.3 Å². The highest BCUT2D eigenvalue weighted by Gasteiger charge is 2.32. The highest BCUT2D eigenvalue weighted by molar-refractivity contribution is 6.23. The number of carbonyl (C=O) groups is 2. The second-order valence-corrected chi connectivity index (χ2v) is 6.86. The highest BCUT2D eigenvalue weighted by Crippen LogP contribution is 2.27. The van der Waals surface area contributed by atoms with Crippen LogP contribution in [-0.4, -0.2) is 16.9 Å². The van der Waals surface area contributed by atoms with Gasteiger partial charge in [0.15, 0.2) is 0 Å². The van der Waals surface area contributed by atoms with E-state index in [2.05, 4.69) is 10.6 Å². The maximum Gasteiger partial charge on any atom is 0.264 e. The topological polar surface area (TPSA) is 78.4 Å². The van der Waals surface area contributed by atoms with E-state index in [1.54, 1.807) is 12.1 Å². The Labute approximate surface area is 168 Å². The van der Waals surface area contributed by atoms with Crippen molar-refractivity contribution in [2.45, 2.75) is 12.5 Å². The van der Waals surface area contributed by atoms with Gasteiger partial charge < -0.3 is 15.7 Å². The van der Waals surface area contributed by atoms with Crippen molar-refractivity contribution in [2.75, 3.05) is 5.32 Å². The number of rotatable bonds is 4. The van der Waals surface area contributed by atoms with E-state index in [1.807, 2.05) is 72.8 Å². The zero-order valence-electron chi connectivity index (χ0n) is 15.6. The first-order valence-electron chi connectivity index (χ1n) is 9.36. The summed E-state index contributed by atoms with van der Waals surface area (Å²) in [6.07, 6.45) is 0.172. The van der Waals surface area contributed by atoms with Gasteiger partial charge in [0, 0.05) is 12.1 Å². The number of amides is 2. The number of hydrogen-bond donors (Lipinski definition) is 3. The van der Waals surface area contributed by atoms with E-state index in [0.29, 0.717) is 5.69 Å². The predicted molar refractivity (Wildman–Crippen MR) is 112 cm³/mol. The Hall–Kier alpha value is -3.86. The molecule has 3 aromatic carbocycles. The normalized spacial score (nSPS) is 16.3. The van der Waals surface area contributed by atoms with E-state index >= 15 is 0 Å². The molecule has 5 nitrogen and oxygen atoms in total. The third-order valence-corrected chi connectivity index (χ3v) is 4.90. The molecular formula is C24H20N2O3. The standard InChI is InChI=1S/C24H20N2O3/c27-21-15-20(18-9-5-2-6-10-18)26-24(29)22(21)23(28)25-19-13-11-17(12-14-19)16-7-3-1-4-8-16/h1-14,20,27H,15H2,(H,25,28)(H,26,29)/t20-/m0/s1. The third-order valence-electron chi connectivity index (χ3n) is 4.90. The number of hydrogen-bond acceptors (Lipinski definition) is 3. The molecule has 1 aliphatic heterocycles. The fraction of sp³-hybridized carbons (Fsp3) is 0.0833. The molecule has 29 heavy (non-hydrogen) atoms. The van der Waals surface area contributed by atoms with Gasteiger partial charge in [-0.25, -0.2) is 0 Å². The maximum atomic E-state index is 12.6. The monoisotopic (exact) mass is 384 g/mol. The first-order chi connectivity index (χ1) is 14.1. The summed E-state index contributed by atoms with van der Waals surface area (Å²) in [7, 11) is 0. The van der Waals surface area contributed by atoms with Gasteiger partial charge in [0.25, 0.3) is 11.8 Å². The Morgan fingerprint density at radius 3 is 2.07 bits per heavy atom. The smallest absolute Gasteiger partial charge is 0.264 e. The van der Waals surface area contributed by atoms with Crippen LogP contribution in [0.1, 0.15) is 18.0 Å². The van der Waals surface area contributed by atoms with Crippen molar-refractivity contribution >= 4 is 17.5 Å². The largest absolute Gasteiger partial charge is 0.511 e. The number of benzene rings is 3. The first kappa shape index (κ1) is 18.5. The molecule has 0 radical (unpaired) electrons. The summed E-state index contributed by atoms with van der Waals surface area (Å²) >= 11 is 0. The van der Waals surface area contributed by atoms with Gasteiger partial charge in [0.2, 0.25) is 0 Å². The molecule has 0 saturated heterocycles. The van der Waals surface area contributed by atoms with Crippen LogP contribution in [0.25, 0.3) is 11.1 Å². The van der Waals surface area contributed by atoms with E-state index in [1.165, 1.54) is 0 Å². The number of anilines is 1. The van der Waals surface area contributed by atoms with E-state index in [4.69, 9.17) is 0 Å². The molecule has 2 amide bonds. The average molecular weight is 384 g/mol. The molecule has 0 saturated carbocycles. The fourth-order valence-electron chi connectivity index (χ4n) is 3.40. The van der Waals surface area contributed by atoms with E-state index in [9.17, 15) is 14.7 Å². The Morgan fingerprint density at radius 1 is 0.862 bits per heavy atom. The molecular weight excluding hydrogens is 364 g/mol. The summed E-state index contributed by atoms with van der Waals surface area (Å²) in [4.78, 5) is 25.1. The predicted octanol–water partition coefficient (Wildman–Crippen LogP) is 4.37. The SMILES string of the molecule is O=C(Nc1ccc(-c2ccccc2)cc1)C1=C(O)C[C@@H](c2ccccc2)NC1=O. The molecule has 4 rings (SSSR count). The van der Waals surface area contributed by atoms with Crippen LogP contribution in [0.5, 0.6) is 0 Å². The van der Waals surface area contributed by atoms with Gasteiger partial charge in [0.1, 0.15) is 11.3 Å². The fourth-order valence-corrected chi connectivity index (χ4v) is 3.40. The van der Waals surface area contributed by atoms with Crippen molar-refractivity contribution in [1.82, 2.24) is 5.32 Å². The van der Waals surface area contributed by atoms with Crippen LogP contribution >= 0.6 is 0 Å². The summed E-state index contributed by atoms with van der Waals surface area (Å²) in [6, 6.07) is 26.2. The zero-order chi connectivity index (χ0) is 20.2. The summed E-state index contributed by atoms with van der Waals surface area (Å²) < 4.78 is 0. The lowest BCUT2D eigenvalue weighted by Gasteiger charge is -2.25. The van der Waals surface area contributed by atoms with E-state index in [0.717, 1.165) is 16.7 Å². The van der Waals surface area contributed by atoms with Crippen LogP contribution in [0, 0.1) is 0 Å². The second kappa shape index (κ2) is 8.02. The molecule has 144 valence electrons. The minimum Gasteiger partial charge on any atom is -0.511 e. The lowest BCUT2D eigenvalue weighted by molar-refractivity contribution is -0.123. The number of aliphatic hydroxyl groups excluding tert-OH is 1. The number of carbonyl (C=O) groups excluding carboxylic acids is 2. The van der Waals surface area contributed by atoms with Crippen molar-refractivity contribution in [2.24, 2.45) is 0 Å². The van der Waals surface area contributed by atoms with E-state index < -0.39 is 11.8 Å². The van der Waals surface area contributed by atoms with Crippen LogP contribution in [0.4, 0.5) is 5.69 Å². The number of nitrogens with one attached hydrogen (secondary N) is 2. The molecule has 3 aromatic rings. The van der Waals surface area contributed by atoms with Crippen LogP contribution in [0.3, 0.4) is 0 Å². The van der Waals surface area contributed by atoms with Crippen LogP contribution in [0.2, 0.25) is 0 Å². The lowest BCUT2D eigenvalue weighted by atomic mass is 9.96. The van der Waals surface area contributed by atoms with E-state index in [-0.39, 0.29) is 23.8 Å². The third kappa shape index (κ3) is 4.04. The van der Waals surface area contributed by atoms with Gasteiger partial charge in [-0.15, -0.1) is 0 Å². The average Bonchev–Trinajstić information content (AvgIpc) is 2.75. The molecule has 5 heteroatoms. The quantitative estimate of drug-likeness (QED) is 0.585. The summed E-state index contributed by atoms with van der Waals surface area (Å²) in [5, 5.41) is 15.9. The molecule has 1 atom stereocenters. The van der Waals surface area contributed by atoms with Crippen molar-refractivity contribution in [3.63, 3.8) is 0 Å². The first-order valence-corrected chi connectivity index (χ1v) is 9.36. The summed E-state index contributed by atoms with van der Waals surface area (Å²) in [6.45, 7) is 0. The molecule has 0 unspecified atom stereocenters. The molecule has 3 N–H and O–H groups in total. The maximum absolute atomic E-state index is 12.6. The molecule has 0 bridgehead atoms. The Kier molecular flexibility index (Phi) is 5.12. The van der Waals surface area contributed by atoms with Gasteiger partial charge >= 0.3 is 0 Å². The second-order valence-electron chi connectivity index (χ2n) is 6.86. The minimum absolute atomic E-state index is 0.172. The van der Waals surface area contributed by atoms with Gasteiger partial charge in [-0.3, -0.25) is 9.59 Å². The van der Waals surface area contributed by atoms with Crippen molar-refractivity contribution < 1.29 is 14.7 Å². The highest BCUT2D eigenvalue weighted by atomic mass is 16.3. The molecule has 0 fully saturated rings. The minimum atomic E-state index is -0.626. The molecule has 1 aliphatic rings. The molecule has 0 spiro atoms. The van der Waals surface area contributed by atoms with Crippen molar-refractivity contribution in [3.05, 3.63) is 102 Å². The Morgan fingerprint density at radius 2 is 1.45 bits per heavy atom. The van der Waals surface area contributed by atoms with Gasteiger partial charge in [-0.05, 0) is 28.8 Å². The van der Waals surface area contributed by atoms with Gasteiger partial charge in [-0.2, -0.15) is 0 Å². The Balaban J connectivity index is 1.49. The van der Waals surface area contributed by atoms with Crippen molar-refractivity contribution in [1.29, 1.82) is 0 Å². The number of aliphatic hydroxyl groups is 1. The van der Waals surface area contributed by atoms with Crippen LogP contribution in [-0.2, 0) is 9.59 Å². The van der Waals surface area contributed by atoms with Gasteiger partial charge in [0.05, 0.1) is 6.04 Å². The summed E-state index contributed by atoms with van der Waals surface area (Å²) in [5.41, 5.74) is 3.27. The summed E-state index contributed by atoms with van der Waals surface area (Å²) in [5.74, 6) is -1.42. The van der Waals surface area contributed by atoms with Crippen LogP contribution < -0.4 is 10.6 Å². The lowest BCUT2D eigenvalue weighted by Crippen LogP contribution is -2.39. The molecule has 0 aromatic heterocycles. The Bertz CT molecular complexity index is 1060. The van der Waals surface area contributed by atoms with Gasteiger partial charge in [-0.1, -0.05) is 72.8 Å². The zero-order valence-corrected chi connectivity index (χ0v) is 15.6. The van der Waals surface area contributed by atoms with Crippen molar-refractivity contribution in [3.8, 4) is 11.1 Å².